The molecule has 1 aliphatic carbocycles. The molecule has 1 fully saturated rings. The van der Waals surface area contributed by atoms with Gasteiger partial charge in [0.1, 0.15) is 0 Å². The lowest BCUT2D eigenvalue weighted by Crippen LogP contribution is -2.16. The van der Waals surface area contributed by atoms with Crippen LogP contribution in [0.3, 0.4) is 0 Å². The lowest BCUT2D eigenvalue weighted by atomic mass is 10.2. The van der Waals surface area contributed by atoms with Gasteiger partial charge >= 0.3 is 0 Å². The molecule has 0 saturated heterocycles. The zero-order chi connectivity index (χ0) is 14.2. The molecule has 0 bridgehead atoms. The lowest BCUT2D eigenvalue weighted by molar-refractivity contribution is 0.286. The van der Waals surface area contributed by atoms with E-state index in [0.29, 0.717) is 0 Å². The van der Waals surface area contributed by atoms with E-state index in [1.165, 1.54) is 31.2 Å². The van der Waals surface area contributed by atoms with Gasteiger partial charge in [0.2, 0.25) is 0 Å². The largest absolute Gasteiger partial charge is 0.493 e. The van der Waals surface area contributed by atoms with E-state index >= 15 is 0 Å². The fourth-order valence-electron chi connectivity index (χ4n) is 2.22. The second-order valence-corrected chi connectivity index (χ2v) is 5.62. The Morgan fingerprint density at radius 2 is 2.05 bits per heavy atom. The molecular weight excluding hydrogens is 250 g/mol. The highest BCUT2D eigenvalue weighted by atomic mass is 16.5. The molecule has 3 heteroatoms. The van der Waals surface area contributed by atoms with E-state index in [9.17, 15) is 0 Å². The number of methoxy groups -OCH3 is 1. The van der Waals surface area contributed by atoms with Gasteiger partial charge in [-0.1, -0.05) is 25.8 Å². The minimum absolute atomic E-state index is 0.767. The maximum Gasteiger partial charge on any atom is 0.161 e. The molecule has 20 heavy (non-hydrogen) atoms. The summed E-state index contributed by atoms with van der Waals surface area (Å²) in [6.45, 7) is 5.01. The Balaban J connectivity index is 1.81. The van der Waals surface area contributed by atoms with Crippen molar-refractivity contribution in [3.05, 3.63) is 23.8 Å². The Bertz CT molecular complexity index is 402. The average Bonchev–Trinajstić information content (AvgIpc) is 3.28. The number of hydrogen-bond acceptors (Lipinski definition) is 3. The van der Waals surface area contributed by atoms with Gasteiger partial charge in [-0.15, -0.1) is 0 Å². The number of nitrogens with one attached hydrogen (secondary N) is 1. The van der Waals surface area contributed by atoms with E-state index in [0.717, 1.165) is 43.5 Å². The topological polar surface area (TPSA) is 30.5 Å². The van der Waals surface area contributed by atoms with E-state index in [1.807, 2.05) is 6.07 Å². The monoisotopic (exact) mass is 277 g/mol. The summed E-state index contributed by atoms with van der Waals surface area (Å²) in [6.07, 6.45) is 6.31. The van der Waals surface area contributed by atoms with Crippen LogP contribution in [0.4, 0.5) is 0 Å². The Labute approximate surface area is 122 Å². The van der Waals surface area contributed by atoms with Gasteiger partial charge in [-0.3, -0.25) is 0 Å². The Morgan fingerprint density at radius 1 is 1.20 bits per heavy atom. The first-order valence-corrected chi connectivity index (χ1v) is 7.84. The van der Waals surface area contributed by atoms with Gasteiger partial charge < -0.3 is 14.8 Å². The van der Waals surface area contributed by atoms with Crippen LogP contribution in [-0.4, -0.2) is 20.3 Å². The first-order chi connectivity index (χ1) is 9.83. The third-order valence-corrected chi connectivity index (χ3v) is 3.69. The Kier molecular flexibility index (Phi) is 6.19. The minimum Gasteiger partial charge on any atom is -0.493 e. The van der Waals surface area contributed by atoms with Gasteiger partial charge in [-0.05, 0) is 49.4 Å². The van der Waals surface area contributed by atoms with Crippen molar-refractivity contribution in [2.45, 2.75) is 45.6 Å². The van der Waals surface area contributed by atoms with Crippen molar-refractivity contribution in [2.75, 3.05) is 20.3 Å². The van der Waals surface area contributed by atoms with Crippen LogP contribution < -0.4 is 14.8 Å². The zero-order valence-electron chi connectivity index (χ0n) is 12.8. The highest BCUT2D eigenvalue weighted by Gasteiger charge is 2.20. The van der Waals surface area contributed by atoms with Crippen molar-refractivity contribution in [3.63, 3.8) is 0 Å². The molecule has 1 aromatic rings. The van der Waals surface area contributed by atoms with Crippen molar-refractivity contribution in [1.29, 1.82) is 0 Å². The molecule has 0 spiro atoms. The first kappa shape index (κ1) is 15.2. The molecule has 0 aliphatic heterocycles. The fourth-order valence-corrected chi connectivity index (χ4v) is 2.22. The van der Waals surface area contributed by atoms with Gasteiger partial charge in [0.25, 0.3) is 0 Å². The minimum atomic E-state index is 0.767. The summed E-state index contributed by atoms with van der Waals surface area (Å²) in [6, 6.07) is 6.23. The van der Waals surface area contributed by atoms with E-state index in [2.05, 4.69) is 24.4 Å². The van der Waals surface area contributed by atoms with Crippen LogP contribution in [0.1, 0.15) is 44.6 Å². The second kappa shape index (κ2) is 8.15. The van der Waals surface area contributed by atoms with Crippen LogP contribution in [0.15, 0.2) is 18.2 Å². The maximum absolute atomic E-state index is 5.79. The van der Waals surface area contributed by atoms with Gasteiger partial charge in [-0.25, -0.2) is 0 Å². The van der Waals surface area contributed by atoms with Crippen LogP contribution in [-0.2, 0) is 6.54 Å². The number of hydrogen-bond donors (Lipinski definition) is 1. The summed E-state index contributed by atoms with van der Waals surface area (Å²) >= 11 is 0. The van der Waals surface area contributed by atoms with Gasteiger partial charge in [0, 0.05) is 6.54 Å². The molecule has 0 amide bonds. The second-order valence-electron chi connectivity index (χ2n) is 5.62. The third kappa shape index (κ3) is 5.04. The summed E-state index contributed by atoms with van der Waals surface area (Å²) in [7, 11) is 1.70. The standard InChI is InChI=1S/C17H27NO2/c1-3-4-5-10-20-16-9-8-15(11-17(16)19-2)13-18-12-14-6-7-14/h8-9,11,14,18H,3-7,10,12-13H2,1-2H3. The van der Waals surface area contributed by atoms with Gasteiger partial charge in [0.05, 0.1) is 13.7 Å². The fraction of sp³-hybridized carbons (Fsp3) is 0.647. The Hall–Kier alpha value is -1.22. The van der Waals surface area contributed by atoms with E-state index in [-0.39, 0.29) is 0 Å². The molecule has 0 unspecified atom stereocenters. The number of benzene rings is 1. The number of ether oxygens (including phenoxy) is 2. The van der Waals surface area contributed by atoms with Crippen molar-refractivity contribution >= 4 is 0 Å². The van der Waals surface area contributed by atoms with Crippen LogP contribution in [0, 0.1) is 5.92 Å². The maximum atomic E-state index is 5.79. The lowest BCUT2D eigenvalue weighted by Gasteiger charge is -2.12. The molecule has 1 aliphatic rings. The van der Waals surface area contributed by atoms with E-state index in [1.54, 1.807) is 7.11 Å². The first-order valence-electron chi connectivity index (χ1n) is 7.84. The van der Waals surface area contributed by atoms with Gasteiger partial charge in [-0.2, -0.15) is 0 Å². The molecule has 0 atom stereocenters. The molecule has 1 saturated carbocycles. The van der Waals surface area contributed by atoms with Gasteiger partial charge in [0.15, 0.2) is 11.5 Å². The van der Waals surface area contributed by atoms with E-state index in [4.69, 9.17) is 9.47 Å². The van der Waals surface area contributed by atoms with Crippen molar-refractivity contribution in [1.82, 2.24) is 5.32 Å². The molecule has 3 nitrogen and oxygen atoms in total. The molecule has 0 heterocycles. The molecule has 0 aromatic heterocycles. The van der Waals surface area contributed by atoms with Crippen LogP contribution in [0.2, 0.25) is 0 Å². The third-order valence-electron chi connectivity index (χ3n) is 3.69. The van der Waals surface area contributed by atoms with Crippen LogP contribution in [0.5, 0.6) is 11.5 Å². The van der Waals surface area contributed by atoms with Crippen molar-refractivity contribution in [2.24, 2.45) is 5.92 Å². The van der Waals surface area contributed by atoms with Crippen molar-refractivity contribution < 1.29 is 9.47 Å². The van der Waals surface area contributed by atoms with E-state index < -0.39 is 0 Å². The average molecular weight is 277 g/mol. The Morgan fingerprint density at radius 3 is 2.75 bits per heavy atom. The number of unbranched alkanes of at least 4 members (excludes halogenated alkanes) is 2. The highest BCUT2D eigenvalue weighted by molar-refractivity contribution is 5.42. The molecule has 2 rings (SSSR count). The highest BCUT2D eigenvalue weighted by Crippen LogP contribution is 2.29. The molecule has 0 radical (unpaired) electrons. The summed E-state index contributed by atoms with van der Waals surface area (Å²) in [5.74, 6) is 2.61. The smallest absolute Gasteiger partial charge is 0.161 e. The summed E-state index contributed by atoms with van der Waals surface area (Å²) in [5.41, 5.74) is 1.25. The summed E-state index contributed by atoms with van der Waals surface area (Å²) < 4.78 is 11.2. The van der Waals surface area contributed by atoms with Crippen molar-refractivity contribution in [3.8, 4) is 11.5 Å². The molecule has 1 N–H and O–H groups in total. The number of rotatable bonds is 10. The zero-order valence-corrected chi connectivity index (χ0v) is 12.8. The predicted octanol–water partition coefficient (Wildman–Crippen LogP) is 3.76. The summed E-state index contributed by atoms with van der Waals surface area (Å²) in [5, 5.41) is 3.50. The predicted molar refractivity (Wildman–Crippen MR) is 82.4 cm³/mol. The molecule has 1 aromatic carbocycles. The van der Waals surface area contributed by atoms with Crippen LogP contribution >= 0.6 is 0 Å². The quantitative estimate of drug-likeness (QED) is 0.660. The SMILES string of the molecule is CCCCCOc1ccc(CNCC2CC2)cc1OC. The summed E-state index contributed by atoms with van der Waals surface area (Å²) in [4.78, 5) is 0. The normalized spacial score (nSPS) is 14.3. The molecule has 112 valence electrons. The molecular formula is C17H27NO2. The van der Waals surface area contributed by atoms with Crippen LogP contribution in [0.25, 0.3) is 0 Å².